The van der Waals surface area contributed by atoms with Gasteiger partial charge in [0.05, 0.1) is 6.21 Å². The van der Waals surface area contributed by atoms with Crippen LogP contribution in [0, 0.1) is 0 Å². The van der Waals surface area contributed by atoms with E-state index in [2.05, 4.69) is 22.5 Å². The molecule has 0 aromatic heterocycles. The smallest absolute Gasteiger partial charge is 0.210 e. The number of allylic oxidation sites excluding steroid dienone is 1. The highest BCUT2D eigenvalue weighted by molar-refractivity contribution is 5.79. The monoisotopic (exact) mass is 368 g/mol. The Morgan fingerprint density at radius 2 is 1.89 bits per heavy atom. The van der Waals surface area contributed by atoms with Gasteiger partial charge in [0, 0.05) is 17.3 Å². The Kier molecular flexibility index (Phi) is 4.45. The first-order chi connectivity index (χ1) is 13.1. The summed E-state index contributed by atoms with van der Waals surface area (Å²) < 4.78 is 25.4. The van der Waals surface area contributed by atoms with E-state index in [4.69, 9.17) is 15.2 Å². The van der Waals surface area contributed by atoms with Crippen LogP contribution in [0.2, 0.25) is 0 Å². The molecule has 0 bridgehead atoms. The molecule has 0 saturated carbocycles. The summed E-state index contributed by atoms with van der Waals surface area (Å²) in [5.74, 6) is -0.354. The third kappa shape index (κ3) is 3.46. The number of nitrogens with two attached hydrogens (primary N) is 1. The fourth-order valence-corrected chi connectivity index (χ4v) is 3.00. The van der Waals surface area contributed by atoms with Crippen molar-refractivity contribution in [3.63, 3.8) is 0 Å². The Hall–Kier alpha value is -3.06. The van der Waals surface area contributed by atoms with E-state index in [0.717, 1.165) is 18.2 Å². The number of fused-ring (bicyclic) bond motifs is 1. The number of aliphatic imine (C=N–C) groups is 1. The molecular weight excluding hydrogens is 347 g/mol. The molecule has 0 amide bonds. The fraction of sp³-hybridized carbons (Fsp3) is 0.250. The number of benzene rings is 2. The van der Waals surface area contributed by atoms with Crippen LogP contribution in [0.25, 0.3) is 0 Å². The molecule has 2 aromatic carbocycles. The maximum absolute atomic E-state index is 14.3. The topological polar surface area (TPSA) is 80.9 Å². The highest BCUT2D eigenvalue weighted by Gasteiger charge is 2.31. The van der Waals surface area contributed by atoms with Crippen molar-refractivity contribution in [3.8, 4) is 11.5 Å². The van der Waals surface area contributed by atoms with E-state index in [9.17, 15) is 4.39 Å². The number of aryl methyl sites for hydroxylation is 1. The molecular formula is C20H21FN4O2. The summed E-state index contributed by atoms with van der Waals surface area (Å²) in [6, 6.07) is 13.1. The first-order valence-corrected chi connectivity index (χ1v) is 8.85. The van der Waals surface area contributed by atoms with Crippen molar-refractivity contribution in [1.29, 1.82) is 0 Å². The summed E-state index contributed by atoms with van der Waals surface area (Å²) in [4.78, 5) is 4.15. The number of rotatable bonds is 4. The summed E-state index contributed by atoms with van der Waals surface area (Å²) in [6.45, 7) is 3.08. The third-order valence-corrected chi connectivity index (χ3v) is 4.55. The van der Waals surface area contributed by atoms with E-state index < -0.39 is 11.6 Å². The molecule has 0 radical (unpaired) electrons. The SMILES string of the molecule is CCc1ccc(C2(N)N=CC(F)=C(Nc3ccc4c(c3)OCCO4)N2)cc1. The molecule has 2 heterocycles. The van der Waals surface area contributed by atoms with Crippen molar-refractivity contribution in [2.45, 2.75) is 19.1 Å². The van der Waals surface area contributed by atoms with Gasteiger partial charge in [0.1, 0.15) is 19.0 Å². The highest BCUT2D eigenvalue weighted by Crippen LogP contribution is 2.33. The number of nitrogens with one attached hydrogen (secondary N) is 2. The molecule has 2 aromatic rings. The average Bonchev–Trinajstić information content (AvgIpc) is 2.71. The summed E-state index contributed by atoms with van der Waals surface area (Å²) in [5, 5.41) is 5.98. The number of halogens is 1. The summed E-state index contributed by atoms with van der Waals surface area (Å²) >= 11 is 0. The van der Waals surface area contributed by atoms with Gasteiger partial charge in [0.15, 0.2) is 17.3 Å². The first-order valence-electron chi connectivity index (χ1n) is 8.85. The van der Waals surface area contributed by atoms with Crippen LogP contribution in [0.15, 0.2) is 59.1 Å². The maximum Gasteiger partial charge on any atom is 0.210 e. The molecule has 140 valence electrons. The number of anilines is 1. The van der Waals surface area contributed by atoms with Crippen LogP contribution < -0.4 is 25.8 Å². The predicted octanol–water partition coefficient (Wildman–Crippen LogP) is 3.01. The molecule has 2 aliphatic rings. The average molecular weight is 368 g/mol. The molecule has 0 saturated heterocycles. The molecule has 2 aliphatic heterocycles. The van der Waals surface area contributed by atoms with Crippen LogP contribution in [-0.4, -0.2) is 19.4 Å². The van der Waals surface area contributed by atoms with Crippen molar-refractivity contribution in [1.82, 2.24) is 5.32 Å². The first kappa shape index (κ1) is 17.4. The molecule has 27 heavy (non-hydrogen) atoms. The van der Waals surface area contributed by atoms with Crippen LogP contribution in [-0.2, 0) is 12.2 Å². The third-order valence-electron chi connectivity index (χ3n) is 4.55. The molecule has 0 aliphatic carbocycles. The fourth-order valence-electron chi connectivity index (χ4n) is 3.00. The van der Waals surface area contributed by atoms with Gasteiger partial charge >= 0.3 is 0 Å². The van der Waals surface area contributed by atoms with Crippen LogP contribution in [0.4, 0.5) is 10.1 Å². The van der Waals surface area contributed by atoms with Gasteiger partial charge in [-0.2, -0.15) is 0 Å². The minimum absolute atomic E-state index is 0.142. The zero-order valence-electron chi connectivity index (χ0n) is 15.0. The Bertz CT molecular complexity index is 911. The number of ether oxygens (including phenoxy) is 2. The summed E-state index contributed by atoms with van der Waals surface area (Å²) in [7, 11) is 0. The second kappa shape index (κ2) is 6.92. The van der Waals surface area contributed by atoms with E-state index in [1.165, 1.54) is 5.56 Å². The molecule has 6 nitrogen and oxygen atoms in total. The molecule has 0 spiro atoms. The van der Waals surface area contributed by atoms with E-state index in [-0.39, 0.29) is 5.82 Å². The summed E-state index contributed by atoms with van der Waals surface area (Å²) in [5.41, 5.74) is 8.98. The Labute approximate surface area is 156 Å². The van der Waals surface area contributed by atoms with E-state index in [0.29, 0.717) is 30.4 Å². The summed E-state index contributed by atoms with van der Waals surface area (Å²) in [6.07, 6.45) is 2.06. The van der Waals surface area contributed by atoms with E-state index in [1.807, 2.05) is 24.3 Å². The van der Waals surface area contributed by atoms with Gasteiger partial charge in [-0.05, 0) is 24.1 Å². The molecule has 0 fully saturated rings. The van der Waals surface area contributed by atoms with Gasteiger partial charge < -0.3 is 20.1 Å². The maximum atomic E-state index is 14.3. The number of hydrogen-bond acceptors (Lipinski definition) is 6. The van der Waals surface area contributed by atoms with Crippen molar-refractivity contribution < 1.29 is 13.9 Å². The minimum Gasteiger partial charge on any atom is -0.486 e. The second-order valence-electron chi connectivity index (χ2n) is 6.41. The lowest BCUT2D eigenvalue weighted by Crippen LogP contribution is -2.51. The van der Waals surface area contributed by atoms with Crippen molar-refractivity contribution >= 4 is 11.9 Å². The van der Waals surface area contributed by atoms with Crippen LogP contribution in [0.5, 0.6) is 11.5 Å². The lowest BCUT2D eigenvalue weighted by molar-refractivity contribution is 0.171. The normalized spacial score (nSPS) is 21.0. The van der Waals surface area contributed by atoms with E-state index in [1.54, 1.807) is 18.2 Å². The molecule has 1 atom stereocenters. The van der Waals surface area contributed by atoms with Crippen LogP contribution >= 0.6 is 0 Å². The molecule has 4 rings (SSSR count). The van der Waals surface area contributed by atoms with Crippen LogP contribution in [0.3, 0.4) is 0 Å². The lowest BCUT2D eigenvalue weighted by atomic mass is 10.0. The van der Waals surface area contributed by atoms with Crippen molar-refractivity contribution in [3.05, 3.63) is 65.2 Å². The van der Waals surface area contributed by atoms with Gasteiger partial charge in [-0.1, -0.05) is 31.2 Å². The quantitative estimate of drug-likeness (QED) is 0.773. The van der Waals surface area contributed by atoms with Gasteiger partial charge in [-0.15, -0.1) is 0 Å². The standard InChI is InChI=1S/C20H21FN4O2/c1-2-13-3-5-14(6-4-13)20(22)23-12-16(21)19(25-20)24-15-7-8-17-18(11-15)27-10-9-26-17/h3-8,11-12,24-25H,2,9-10,22H2,1H3. The number of hydrogen-bond donors (Lipinski definition) is 3. The number of nitrogens with zero attached hydrogens (tertiary/aromatic N) is 1. The van der Waals surface area contributed by atoms with Crippen molar-refractivity contribution in [2.24, 2.45) is 10.7 Å². The highest BCUT2D eigenvalue weighted by atomic mass is 19.1. The van der Waals surface area contributed by atoms with Gasteiger partial charge in [0.25, 0.3) is 0 Å². The minimum atomic E-state index is -1.25. The molecule has 1 unspecified atom stereocenters. The zero-order chi connectivity index (χ0) is 18.9. The zero-order valence-corrected chi connectivity index (χ0v) is 15.0. The van der Waals surface area contributed by atoms with Crippen molar-refractivity contribution in [2.75, 3.05) is 18.5 Å². The van der Waals surface area contributed by atoms with E-state index >= 15 is 0 Å². The second-order valence-corrected chi connectivity index (χ2v) is 6.41. The molecule has 7 heteroatoms. The predicted molar refractivity (Wildman–Crippen MR) is 103 cm³/mol. The van der Waals surface area contributed by atoms with Gasteiger partial charge in [0.2, 0.25) is 5.79 Å². The Morgan fingerprint density at radius 3 is 2.63 bits per heavy atom. The Morgan fingerprint density at radius 1 is 1.15 bits per heavy atom. The Balaban J connectivity index is 1.56. The van der Waals surface area contributed by atoms with Crippen LogP contribution in [0.1, 0.15) is 18.1 Å². The lowest BCUT2D eigenvalue weighted by Gasteiger charge is -2.32. The van der Waals surface area contributed by atoms with Gasteiger partial charge in [-0.25, -0.2) is 9.38 Å². The largest absolute Gasteiger partial charge is 0.486 e. The molecule has 4 N–H and O–H groups in total. The van der Waals surface area contributed by atoms with Gasteiger partial charge in [-0.3, -0.25) is 5.73 Å².